The minimum Gasteiger partial charge on any atom is -0.480 e. The fourth-order valence-corrected chi connectivity index (χ4v) is 2.36. The van der Waals surface area contributed by atoms with Gasteiger partial charge in [0.2, 0.25) is 5.91 Å². The summed E-state index contributed by atoms with van der Waals surface area (Å²) < 4.78 is 0. The molecule has 0 aliphatic heterocycles. The lowest BCUT2D eigenvalue weighted by molar-refractivity contribution is -0.139. The van der Waals surface area contributed by atoms with Crippen molar-refractivity contribution in [3.05, 3.63) is 42.0 Å². The lowest BCUT2D eigenvalue weighted by Gasteiger charge is -2.13. The summed E-state index contributed by atoms with van der Waals surface area (Å²) in [4.78, 5) is 35.1. The van der Waals surface area contributed by atoms with Crippen LogP contribution in [-0.4, -0.2) is 28.9 Å². The highest BCUT2D eigenvalue weighted by molar-refractivity contribution is 5.98. The maximum atomic E-state index is 12.1. The molecule has 0 spiro atoms. The van der Waals surface area contributed by atoms with Crippen molar-refractivity contribution in [1.82, 2.24) is 5.32 Å². The van der Waals surface area contributed by atoms with Crippen LogP contribution in [0.1, 0.15) is 37.0 Å². The molecular formula is C18H22N2O4. The molecule has 2 rings (SSSR count). The van der Waals surface area contributed by atoms with Gasteiger partial charge in [-0.25, -0.2) is 4.79 Å². The molecule has 1 saturated carbocycles. The highest BCUT2D eigenvalue weighted by Crippen LogP contribution is 2.38. The quantitative estimate of drug-likeness (QED) is 0.669. The van der Waals surface area contributed by atoms with Crippen molar-refractivity contribution in [1.29, 1.82) is 0 Å². The van der Waals surface area contributed by atoms with Gasteiger partial charge in [0, 0.05) is 17.2 Å². The molecule has 3 unspecified atom stereocenters. The van der Waals surface area contributed by atoms with Gasteiger partial charge in [-0.2, -0.15) is 0 Å². The van der Waals surface area contributed by atoms with E-state index < -0.39 is 17.9 Å². The number of anilines is 1. The molecule has 1 aromatic carbocycles. The number of carboxylic acids is 1. The molecule has 1 fully saturated rings. The van der Waals surface area contributed by atoms with E-state index in [1.54, 1.807) is 43.3 Å². The number of hydrogen-bond acceptors (Lipinski definition) is 3. The van der Waals surface area contributed by atoms with Crippen LogP contribution in [0.15, 0.2) is 36.4 Å². The summed E-state index contributed by atoms with van der Waals surface area (Å²) in [6.07, 6.45) is 4.57. The molecule has 2 amide bonds. The highest BCUT2D eigenvalue weighted by atomic mass is 16.4. The summed E-state index contributed by atoms with van der Waals surface area (Å²) >= 11 is 0. The summed E-state index contributed by atoms with van der Waals surface area (Å²) in [5.41, 5.74) is 0.971. The highest BCUT2D eigenvalue weighted by Gasteiger charge is 2.39. The van der Waals surface area contributed by atoms with Crippen LogP contribution in [0.25, 0.3) is 0 Å². The van der Waals surface area contributed by atoms with Gasteiger partial charge in [0.05, 0.1) is 0 Å². The van der Waals surface area contributed by atoms with Gasteiger partial charge in [0.1, 0.15) is 6.04 Å². The van der Waals surface area contributed by atoms with Crippen LogP contribution >= 0.6 is 0 Å². The van der Waals surface area contributed by atoms with Gasteiger partial charge in [0.15, 0.2) is 0 Å². The van der Waals surface area contributed by atoms with Gasteiger partial charge in [-0.15, -0.1) is 0 Å². The monoisotopic (exact) mass is 330 g/mol. The predicted octanol–water partition coefficient (Wildman–Crippen LogP) is 2.43. The standard InChI is InChI=1S/C18H22N2O4/c1-3-4-5-15(18(23)24)20-16(21)12-6-8-13(9-7-12)19-17(22)14-10-11(14)2/h3-4,6-9,11,14-15H,5,10H2,1-2H3,(H,19,22)(H,20,21)(H,23,24)/b4-3+. The molecule has 1 aliphatic rings. The second kappa shape index (κ2) is 7.77. The Labute approximate surface area is 140 Å². The SMILES string of the molecule is C/C=C/CC(NC(=O)c1ccc(NC(=O)C2CC2C)cc1)C(=O)O. The fraction of sp³-hybridized carbons (Fsp3) is 0.389. The zero-order valence-electron chi connectivity index (χ0n) is 13.8. The van der Waals surface area contributed by atoms with E-state index in [0.29, 0.717) is 17.2 Å². The Hall–Kier alpha value is -2.63. The topological polar surface area (TPSA) is 95.5 Å². The maximum Gasteiger partial charge on any atom is 0.326 e. The van der Waals surface area contributed by atoms with Crippen molar-refractivity contribution < 1.29 is 19.5 Å². The molecule has 1 aliphatic carbocycles. The fourth-order valence-electron chi connectivity index (χ4n) is 2.36. The summed E-state index contributed by atoms with van der Waals surface area (Å²) in [5, 5.41) is 14.4. The number of allylic oxidation sites excluding steroid dienone is 1. The van der Waals surface area contributed by atoms with Gasteiger partial charge >= 0.3 is 5.97 Å². The third-order valence-electron chi connectivity index (χ3n) is 4.07. The van der Waals surface area contributed by atoms with Crippen molar-refractivity contribution in [3.8, 4) is 0 Å². The van der Waals surface area contributed by atoms with Crippen LogP contribution in [0.3, 0.4) is 0 Å². The number of rotatable bonds is 7. The number of benzene rings is 1. The lowest BCUT2D eigenvalue weighted by atomic mass is 10.1. The molecule has 0 radical (unpaired) electrons. The normalized spacial score (nSPS) is 20.4. The van der Waals surface area contributed by atoms with Crippen LogP contribution in [0, 0.1) is 11.8 Å². The minimum absolute atomic E-state index is 0.00278. The van der Waals surface area contributed by atoms with Gasteiger partial charge in [-0.05, 0) is 49.9 Å². The summed E-state index contributed by atoms with van der Waals surface area (Å²) in [7, 11) is 0. The van der Waals surface area contributed by atoms with Gasteiger partial charge in [0.25, 0.3) is 5.91 Å². The van der Waals surface area contributed by atoms with E-state index in [2.05, 4.69) is 10.6 Å². The molecule has 24 heavy (non-hydrogen) atoms. The smallest absolute Gasteiger partial charge is 0.326 e. The van der Waals surface area contributed by atoms with Gasteiger partial charge in [-0.3, -0.25) is 9.59 Å². The maximum absolute atomic E-state index is 12.1. The number of amides is 2. The first kappa shape index (κ1) is 17.7. The molecule has 0 saturated heterocycles. The average Bonchev–Trinajstić information content (AvgIpc) is 3.28. The third-order valence-corrected chi connectivity index (χ3v) is 4.07. The number of nitrogens with one attached hydrogen (secondary N) is 2. The van der Waals surface area contributed by atoms with Crippen LogP contribution in [0.2, 0.25) is 0 Å². The Morgan fingerprint density at radius 2 is 1.92 bits per heavy atom. The molecule has 3 N–H and O–H groups in total. The van der Waals surface area contributed by atoms with E-state index in [0.717, 1.165) is 6.42 Å². The number of carbonyl (C=O) groups excluding carboxylic acids is 2. The van der Waals surface area contributed by atoms with Crippen molar-refractivity contribution in [3.63, 3.8) is 0 Å². The van der Waals surface area contributed by atoms with Crippen LogP contribution < -0.4 is 10.6 Å². The van der Waals surface area contributed by atoms with Crippen molar-refractivity contribution >= 4 is 23.5 Å². The Kier molecular flexibility index (Phi) is 5.73. The molecule has 1 aromatic rings. The van der Waals surface area contributed by atoms with Crippen LogP contribution in [-0.2, 0) is 9.59 Å². The molecule has 0 heterocycles. The zero-order valence-corrected chi connectivity index (χ0v) is 13.8. The minimum atomic E-state index is -1.08. The van der Waals surface area contributed by atoms with E-state index in [1.165, 1.54) is 0 Å². The van der Waals surface area contributed by atoms with Crippen molar-refractivity contribution in [2.24, 2.45) is 11.8 Å². The van der Waals surface area contributed by atoms with E-state index in [4.69, 9.17) is 5.11 Å². The molecule has 128 valence electrons. The van der Waals surface area contributed by atoms with E-state index in [9.17, 15) is 14.4 Å². The second-order valence-electron chi connectivity index (χ2n) is 6.06. The molecule has 6 heteroatoms. The Bertz CT molecular complexity index is 651. The molecule has 0 aromatic heterocycles. The van der Waals surface area contributed by atoms with Crippen LogP contribution in [0.5, 0.6) is 0 Å². The lowest BCUT2D eigenvalue weighted by Crippen LogP contribution is -2.40. The molecule has 0 bridgehead atoms. The molecule has 6 nitrogen and oxygen atoms in total. The largest absolute Gasteiger partial charge is 0.480 e. The van der Waals surface area contributed by atoms with E-state index in [1.807, 2.05) is 6.92 Å². The van der Waals surface area contributed by atoms with Crippen molar-refractivity contribution in [2.45, 2.75) is 32.7 Å². The van der Waals surface area contributed by atoms with Crippen LogP contribution in [0.4, 0.5) is 5.69 Å². The summed E-state index contributed by atoms with van der Waals surface area (Å²) in [6.45, 7) is 3.82. The number of carboxylic acid groups (broad SMARTS) is 1. The zero-order chi connectivity index (χ0) is 17.7. The number of hydrogen-bond donors (Lipinski definition) is 3. The Morgan fingerprint density at radius 3 is 2.42 bits per heavy atom. The first-order valence-electron chi connectivity index (χ1n) is 7.98. The average molecular weight is 330 g/mol. The van der Waals surface area contributed by atoms with E-state index in [-0.39, 0.29) is 18.2 Å². The number of aliphatic carboxylic acids is 1. The first-order valence-corrected chi connectivity index (χ1v) is 7.98. The first-order chi connectivity index (χ1) is 11.4. The molecular weight excluding hydrogens is 308 g/mol. The summed E-state index contributed by atoms with van der Waals surface area (Å²) in [5.74, 6) is -1.03. The predicted molar refractivity (Wildman–Crippen MR) is 90.7 cm³/mol. The second-order valence-corrected chi connectivity index (χ2v) is 6.06. The third kappa shape index (κ3) is 4.68. The van der Waals surface area contributed by atoms with Gasteiger partial charge < -0.3 is 15.7 Å². The summed E-state index contributed by atoms with van der Waals surface area (Å²) in [6, 6.07) is 5.44. The van der Waals surface area contributed by atoms with Crippen molar-refractivity contribution in [2.75, 3.05) is 5.32 Å². The van der Waals surface area contributed by atoms with E-state index >= 15 is 0 Å². The molecule has 3 atom stereocenters. The number of carbonyl (C=O) groups is 3. The Morgan fingerprint density at radius 1 is 1.29 bits per heavy atom. The van der Waals surface area contributed by atoms with Gasteiger partial charge in [-0.1, -0.05) is 19.1 Å². The Balaban J connectivity index is 1.94.